The molecule has 2 N–H and O–H groups in total. The van der Waals surface area contributed by atoms with Gasteiger partial charge in [-0.25, -0.2) is 21.6 Å². The summed E-state index contributed by atoms with van der Waals surface area (Å²) in [6.07, 6.45) is 0.968. The van der Waals surface area contributed by atoms with Gasteiger partial charge in [0.2, 0.25) is 10.0 Å². The van der Waals surface area contributed by atoms with E-state index < -0.39 is 38.9 Å². The van der Waals surface area contributed by atoms with Gasteiger partial charge in [-0.05, 0) is 31.2 Å². The van der Waals surface area contributed by atoms with Crippen molar-refractivity contribution in [2.75, 3.05) is 16.3 Å². The molecule has 1 amide bonds. The van der Waals surface area contributed by atoms with Crippen LogP contribution < -0.4 is 10.0 Å². The van der Waals surface area contributed by atoms with Gasteiger partial charge in [0.1, 0.15) is 17.5 Å². The molecule has 158 valence electrons. The van der Waals surface area contributed by atoms with Crippen molar-refractivity contribution in [3.63, 3.8) is 0 Å². The lowest BCUT2D eigenvalue weighted by atomic mass is 10.0. The fourth-order valence-electron chi connectivity index (χ4n) is 2.77. The van der Waals surface area contributed by atoms with Gasteiger partial charge in [-0.3, -0.25) is 9.52 Å². The SMILES string of the molecule is Cc1sc(C(=O)Nc2cc(Cl)cc(NS(C)(=O)=O)c2)cc1-c1c(F)cc(F)cc1F. The van der Waals surface area contributed by atoms with Crippen LogP contribution in [0.2, 0.25) is 5.02 Å². The van der Waals surface area contributed by atoms with Gasteiger partial charge in [-0.15, -0.1) is 11.3 Å². The molecule has 3 aromatic rings. The molecule has 0 radical (unpaired) electrons. The van der Waals surface area contributed by atoms with Crippen molar-refractivity contribution >= 4 is 50.2 Å². The second-order valence-electron chi connectivity index (χ2n) is 6.38. The maximum absolute atomic E-state index is 14.1. The molecule has 0 aliphatic heterocycles. The number of hydrogen-bond acceptors (Lipinski definition) is 4. The Hall–Kier alpha value is -2.56. The van der Waals surface area contributed by atoms with Gasteiger partial charge in [0.15, 0.2) is 0 Å². The van der Waals surface area contributed by atoms with Gasteiger partial charge in [0.25, 0.3) is 5.91 Å². The first-order valence-electron chi connectivity index (χ1n) is 8.28. The van der Waals surface area contributed by atoms with E-state index in [1.807, 2.05) is 0 Å². The molecule has 0 aliphatic rings. The van der Waals surface area contributed by atoms with Gasteiger partial charge in [0, 0.05) is 33.3 Å². The fourth-order valence-corrected chi connectivity index (χ4v) is 4.47. The molecule has 3 rings (SSSR count). The third kappa shape index (κ3) is 5.13. The van der Waals surface area contributed by atoms with Crippen LogP contribution in [0, 0.1) is 24.4 Å². The molecule has 1 aromatic heterocycles. The normalized spacial score (nSPS) is 11.4. The standard InChI is InChI=1S/C19H14ClF3N2O3S2/c1-9-14(18-15(22)5-11(21)6-16(18)23)8-17(29-9)19(26)24-12-3-10(20)4-13(7-12)25-30(2,27)28/h3-8,25H,1-2H3,(H,24,26). The molecule has 0 saturated heterocycles. The van der Waals surface area contributed by atoms with Crippen LogP contribution in [0.5, 0.6) is 0 Å². The Bertz CT molecular complexity index is 1240. The van der Waals surface area contributed by atoms with Crippen LogP contribution in [0.4, 0.5) is 24.5 Å². The van der Waals surface area contributed by atoms with E-state index in [1.165, 1.54) is 24.3 Å². The third-order valence-electron chi connectivity index (χ3n) is 3.88. The van der Waals surface area contributed by atoms with E-state index in [9.17, 15) is 26.4 Å². The molecule has 5 nitrogen and oxygen atoms in total. The molecule has 0 saturated carbocycles. The number of hydrogen-bond donors (Lipinski definition) is 2. The number of benzene rings is 2. The van der Waals surface area contributed by atoms with Crippen molar-refractivity contribution in [2.24, 2.45) is 0 Å². The number of halogens is 4. The van der Waals surface area contributed by atoms with Crippen molar-refractivity contribution in [3.8, 4) is 11.1 Å². The first-order chi connectivity index (χ1) is 13.9. The van der Waals surface area contributed by atoms with E-state index in [-0.39, 0.29) is 26.8 Å². The Labute approximate surface area is 179 Å². The Morgan fingerprint density at radius 1 is 1.00 bits per heavy atom. The summed E-state index contributed by atoms with van der Waals surface area (Å²) >= 11 is 6.96. The van der Waals surface area contributed by atoms with Crippen LogP contribution >= 0.6 is 22.9 Å². The lowest BCUT2D eigenvalue weighted by Gasteiger charge is -2.09. The van der Waals surface area contributed by atoms with Crippen LogP contribution in [-0.2, 0) is 10.0 Å². The molecule has 1 heterocycles. The minimum atomic E-state index is -3.55. The molecule has 2 aromatic carbocycles. The number of sulfonamides is 1. The van der Waals surface area contributed by atoms with Gasteiger partial charge in [-0.2, -0.15) is 0 Å². The summed E-state index contributed by atoms with van der Waals surface area (Å²) in [5.74, 6) is -3.79. The number of amides is 1. The summed E-state index contributed by atoms with van der Waals surface area (Å²) < 4.78 is 66.4. The molecule has 11 heteroatoms. The Morgan fingerprint density at radius 3 is 2.20 bits per heavy atom. The van der Waals surface area contributed by atoms with E-state index in [1.54, 1.807) is 6.92 Å². The third-order valence-corrected chi connectivity index (χ3v) is 5.75. The smallest absolute Gasteiger partial charge is 0.265 e. The highest BCUT2D eigenvalue weighted by atomic mass is 35.5. The maximum Gasteiger partial charge on any atom is 0.265 e. The number of aryl methyl sites for hydroxylation is 1. The minimum Gasteiger partial charge on any atom is -0.321 e. The highest BCUT2D eigenvalue weighted by Crippen LogP contribution is 2.35. The van der Waals surface area contributed by atoms with Crippen molar-refractivity contribution in [2.45, 2.75) is 6.92 Å². The second kappa shape index (κ2) is 8.29. The highest BCUT2D eigenvalue weighted by Gasteiger charge is 2.20. The number of anilines is 2. The van der Waals surface area contributed by atoms with E-state index >= 15 is 0 Å². The lowest BCUT2D eigenvalue weighted by Crippen LogP contribution is -2.12. The number of rotatable bonds is 5. The summed E-state index contributed by atoms with van der Waals surface area (Å²) in [6.45, 7) is 1.58. The molecule has 30 heavy (non-hydrogen) atoms. The van der Waals surface area contributed by atoms with Crippen LogP contribution in [0.25, 0.3) is 11.1 Å². The molecule has 0 spiro atoms. The van der Waals surface area contributed by atoms with Gasteiger partial charge >= 0.3 is 0 Å². The zero-order valence-electron chi connectivity index (χ0n) is 15.5. The van der Waals surface area contributed by atoms with Crippen LogP contribution in [0.15, 0.2) is 36.4 Å². The van der Waals surface area contributed by atoms with Crippen molar-refractivity contribution in [1.82, 2.24) is 0 Å². The molecule has 0 unspecified atom stereocenters. The minimum absolute atomic E-state index is 0.130. The first kappa shape index (κ1) is 22.1. The van der Waals surface area contributed by atoms with E-state index in [0.29, 0.717) is 17.0 Å². The number of carbonyl (C=O) groups is 1. The number of carbonyl (C=O) groups excluding carboxylic acids is 1. The molecule has 0 fully saturated rings. The predicted octanol–water partition coefficient (Wildman–Crippen LogP) is 5.42. The molecule has 0 bridgehead atoms. The number of nitrogens with one attached hydrogen (secondary N) is 2. The molecule has 0 aliphatic carbocycles. The Balaban J connectivity index is 1.91. The van der Waals surface area contributed by atoms with Crippen LogP contribution in [0.1, 0.15) is 14.5 Å². The van der Waals surface area contributed by atoms with Gasteiger partial charge in [0.05, 0.1) is 22.4 Å². The van der Waals surface area contributed by atoms with Crippen molar-refractivity contribution in [1.29, 1.82) is 0 Å². The van der Waals surface area contributed by atoms with Crippen molar-refractivity contribution in [3.05, 3.63) is 68.6 Å². The van der Waals surface area contributed by atoms with Gasteiger partial charge in [-0.1, -0.05) is 11.6 Å². The second-order valence-corrected chi connectivity index (χ2v) is 9.82. The summed E-state index contributed by atoms with van der Waals surface area (Å²) in [6, 6.07) is 6.58. The van der Waals surface area contributed by atoms with Gasteiger partial charge < -0.3 is 5.32 Å². The summed E-state index contributed by atoms with van der Waals surface area (Å²) in [5, 5.41) is 2.74. The van der Waals surface area contributed by atoms with Crippen molar-refractivity contribution < 1.29 is 26.4 Å². The number of thiophene rings is 1. The Morgan fingerprint density at radius 2 is 1.60 bits per heavy atom. The van der Waals surface area contributed by atoms with E-state index in [0.717, 1.165) is 17.6 Å². The lowest BCUT2D eigenvalue weighted by molar-refractivity contribution is 0.103. The molecular weight excluding hydrogens is 461 g/mol. The highest BCUT2D eigenvalue weighted by molar-refractivity contribution is 7.92. The zero-order chi connectivity index (χ0) is 22.2. The largest absolute Gasteiger partial charge is 0.321 e. The molecule has 0 atom stereocenters. The summed E-state index contributed by atoms with van der Waals surface area (Å²) in [4.78, 5) is 13.2. The average molecular weight is 475 g/mol. The average Bonchev–Trinajstić information content (AvgIpc) is 2.93. The summed E-state index contributed by atoms with van der Waals surface area (Å²) in [7, 11) is -3.55. The van der Waals surface area contributed by atoms with Crippen LogP contribution in [-0.4, -0.2) is 20.6 Å². The summed E-state index contributed by atoms with van der Waals surface area (Å²) in [5.41, 5.74) is 0.0708. The van der Waals surface area contributed by atoms with E-state index in [2.05, 4.69) is 10.0 Å². The fraction of sp³-hybridized carbons (Fsp3) is 0.105. The topological polar surface area (TPSA) is 75.3 Å². The Kier molecular flexibility index (Phi) is 6.11. The first-order valence-corrected chi connectivity index (χ1v) is 11.4. The molecular formula is C19H14ClF3N2O3S2. The monoisotopic (exact) mass is 474 g/mol. The predicted molar refractivity (Wildman–Crippen MR) is 112 cm³/mol. The maximum atomic E-state index is 14.1. The van der Waals surface area contributed by atoms with Crippen LogP contribution in [0.3, 0.4) is 0 Å². The van der Waals surface area contributed by atoms with E-state index in [4.69, 9.17) is 11.6 Å². The zero-order valence-corrected chi connectivity index (χ0v) is 17.9. The quantitative estimate of drug-likeness (QED) is 0.518.